The molecule has 8 nitrogen and oxygen atoms in total. The second kappa shape index (κ2) is 10.4. The molecule has 1 aromatic carbocycles. The van der Waals surface area contributed by atoms with E-state index in [-0.39, 0.29) is 36.4 Å². The Morgan fingerprint density at radius 1 is 1.16 bits per heavy atom. The largest absolute Gasteiger partial charge is 0.488 e. The van der Waals surface area contributed by atoms with Crippen molar-refractivity contribution in [2.45, 2.75) is 90.8 Å². The van der Waals surface area contributed by atoms with Gasteiger partial charge < -0.3 is 9.47 Å². The molecule has 0 N–H and O–H groups in total. The van der Waals surface area contributed by atoms with Crippen LogP contribution >= 0.6 is 0 Å². The minimum Gasteiger partial charge on any atom is -0.488 e. The highest BCUT2D eigenvalue weighted by Gasteiger charge is 2.51. The van der Waals surface area contributed by atoms with E-state index >= 15 is 0 Å². The normalized spacial score (nSPS) is 22.4. The molecule has 0 bridgehead atoms. The van der Waals surface area contributed by atoms with Gasteiger partial charge in [-0.3, -0.25) is 9.59 Å². The number of esters is 1. The van der Waals surface area contributed by atoms with Gasteiger partial charge in [0.2, 0.25) is 0 Å². The summed E-state index contributed by atoms with van der Waals surface area (Å²) in [7, 11) is 0. The molecule has 1 aliphatic heterocycles. The predicted molar refractivity (Wildman–Crippen MR) is 138 cm³/mol. The Labute approximate surface area is 222 Å². The van der Waals surface area contributed by atoms with Gasteiger partial charge >= 0.3 is 5.97 Å². The van der Waals surface area contributed by atoms with Gasteiger partial charge in [-0.1, -0.05) is 18.9 Å². The molecular formula is C29H35FN4O4. The fraction of sp³-hybridized carbons (Fsp3) is 0.552. The fourth-order valence-electron chi connectivity index (χ4n) is 5.96. The van der Waals surface area contributed by atoms with E-state index in [0.717, 1.165) is 42.6 Å². The molecule has 1 aliphatic carbocycles. The van der Waals surface area contributed by atoms with Crippen molar-refractivity contribution in [1.82, 2.24) is 19.6 Å². The number of rotatable bonds is 8. The summed E-state index contributed by atoms with van der Waals surface area (Å²) in [6.45, 7) is 7.50. The average Bonchev–Trinajstić information content (AvgIpc) is 3.52. The molecule has 1 saturated carbocycles. The highest BCUT2D eigenvalue weighted by atomic mass is 19.1. The molecule has 0 spiro atoms. The van der Waals surface area contributed by atoms with Crippen molar-refractivity contribution in [3.63, 3.8) is 0 Å². The Morgan fingerprint density at radius 3 is 2.61 bits per heavy atom. The van der Waals surface area contributed by atoms with Gasteiger partial charge in [-0.2, -0.15) is 4.98 Å². The molecule has 2 atom stereocenters. The summed E-state index contributed by atoms with van der Waals surface area (Å²) >= 11 is 0. The van der Waals surface area contributed by atoms with E-state index in [0.29, 0.717) is 24.4 Å². The first kappa shape index (κ1) is 26.3. The number of carbonyl (C=O) groups is 2. The van der Waals surface area contributed by atoms with Crippen LogP contribution in [0.1, 0.15) is 75.1 Å². The minimum absolute atomic E-state index is 0.0861. The molecule has 1 saturated heterocycles. The molecule has 3 heterocycles. The Morgan fingerprint density at radius 2 is 1.92 bits per heavy atom. The average molecular weight is 523 g/mol. The predicted octanol–water partition coefficient (Wildman–Crippen LogP) is 4.90. The maximum absolute atomic E-state index is 14.6. The van der Waals surface area contributed by atoms with Crippen LogP contribution in [0.15, 0.2) is 24.3 Å². The van der Waals surface area contributed by atoms with Crippen LogP contribution in [0.2, 0.25) is 0 Å². The second-order valence-electron chi connectivity index (χ2n) is 11.1. The summed E-state index contributed by atoms with van der Waals surface area (Å²) in [5, 5.41) is 4.48. The third-order valence-corrected chi connectivity index (χ3v) is 7.79. The van der Waals surface area contributed by atoms with Gasteiger partial charge in [-0.05, 0) is 83.1 Å². The monoisotopic (exact) mass is 522 g/mol. The summed E-state index contributed by atoms with van der Waals surface area (Å²) in [5.41, 5.74) is 1.62. The summed E-state index contributed by atoms with van der Waals surface area (Å²) in [6, 6.07) is 6.85. The molecule has 2 aromatic heterocycles. The van der Waals surface area contributed by atoms with Crippen molar-refractivity contribution in [1.29, 1.82) is 0 Å². The Hall–Kier alpha value is -3.36. The lowest BCUT2D eigenvalue weighted by molar-refractivity contribution is -0.185. The molecule has 2 unspecified atom stereocenters. The van der Waals surface area contributed by atoms with E-state index in [1.54, 1.807) is 10.6 Å². The summed E-state index contributed by atoms with van der Waals surface area (Å²) < 4.78 is 27.9. The fourth-order valence-corrected chi connectivity index (χ4v) is 5.96. The molecule has 202 valence electrons. The number of hydrogen-bond donors (Lipinski definition) is 0. The summed E-state index contributed by atoms with van der Waals surface area (Å²) in [5.74, 6) is -0.818. The molecule has 2 aliphatic rings. The number of Topliss-reactive ketones (excluding diaryl/α,β-unsaturated/α-hetero) is 1. The lowest BCUT2D eigenvalue weighted by Gasteiger charge is -2.43. The number of fused-ring (bicyclic) bond motifs is 1. The standard InChI is InChI=1S/C29H35FN4O4/c1-17(2)37-25-10-9-20(14-23(25)30)11-12-29(21-7-5-6-8-21)16-24(35)22(27(36)38-29)15-26-32-28-31-18(3)13-19(4)34(28)33-26/h9-10,13-14,17,21-22H,5-8,11-12,15-16H2,1-4H3. The first-order valence-corrected chi connectivity index (χ1v) is 13.5. The van der Waals surface area contributed by atoms with Crippen molar-refractivity contribution in [3.8, 4) is 5.75 Å². The molecule has 0 radical (unpaired) electrons. The zero-order valence-corrected chi connectivity index (χ0v) is 22.5. The minimum atomic E-state index is -0.937. The molecule has 0 amide bonds. The first-order chi connectivity index (χ1) is 18.1. The zero-order chi connectivity index (χ0) is 27.0. The van der Waals surface area contributed by atoms with Crippen LogP contribution in [0.4, 0.5) is 4.39 Å². The van der Waals surface area contributed by atoms with Crippen LogP contribution in [-0.4, -0.2) is 43.0 Å². The molecule has 9 heteroatoms. The first-order valence-electron chi connectivity index (χ1n) is 13.5. The van der Waals surface area contributed by atoms with E-state index in [1.807, 2.05) is 39.8 Å². The number of aryl methyl sites for hydroxylation is 3. The number of carbonyl (C=O) groups excluding carboxylic acids is 2. The van der Waals surface area contributed by atoms with E-state index in [4.69, 9.17) is 9.47 Å². The highest BCUT2D eigenvalue weighted by molar-refractivity contribution is 6.01. The van der Waals surface area contributed by atoms with E-state index in [2.05, 4.69) is 15.1 Å². The van der Waals surface area contributed by atoms with Crippen LogP contribution in [0.25, 0.3) is 5.78 Å². The van der Waals surface area contributed by atoms with Gasteiger partial charge in [-0.25, -0.2) is 13.9 Å². The molecule has 38 heavy (non-hydrogen) atoms. The quantitative estimate of drug-likeness (QED) is 0.307. The number of halogens is 1. The second-order valence-corrected chi connectivity index (χ2v) is 11.1. The number of benzene rings is 1. The van der Waals surface area contributed by atoms with E-state index in [1.165, 1.54) is 6.07 Å². The number of ketones is 1. The van der Waals surface area contributed by atoms with Crippen molar-refractivity contribution in [3.05, 3.63) is 52.9 Å². The number of cyclic esters (lactones) is 1. The highest BCUT2D eigenvalue weighted by Crippen LogP contribution is 2.45. The van der Waals surface area contributed by atoms with Crippen LogP contribution in [-0.2, 0) is 27.2 Å². The third kappa shape index (κ3) is 5.28. The van der Waals surface area contributed by atoms with Crippen molar-refractivity contribution < 1.29 is 23.5 Å². The molecule has 5 rings (SSSR count). The van der Waals surface area contributed by atoms with Gasteiger partial charge in [0.1, 0.15) is 11.5 Å². The number of aromatic nitrogens is 4. The number of ether oxygens (including phenoxy) is 2. The Balaban J connectivity index is 1.33. The lowest BCUT2D eigenvalue weighted by Crippen LogP contribution is -2.52. The van der Waals surface area contributed by atoms with Crippen molar-refractivity contribution >= 4 is 17.5 Å². The summed E-state index contributed by atoms with van der Waals surface area (Å²) in [6.07, 6.45) is 5.03. The van der Waals surface area contributed by atoms with Crippen LogP contribution in [0, 0.1) is 31.5 Å². The van der Waals surface area contributed by atoms with E-state index < -0.39 is 23.3 Å². The molecular weight excluding hydrogens is 487 g/mol. The van der Waals surface area contributed by atoms with Crippen LogP contribution < -0.4 is 4.74 Å². The van der Waals surface area contributed by atoms with Gasteiger partial charge in [-0.15, -0.1) is 5.10 Å². The maximum atomic E-state index is 14.6. The van der Waals surface area contributed by atoms with E-state index in [9.17, 15) is 14.0 Å². The number of nitrogens with zero attached hydrogens (tertiary/aromatic N) is 4. The molecule has 3 aromatic rings. The van der Waals surface area contributed by atoms with Gasteiger partial charge in [0.15, 0.2) is 23.2 Å². The Kier molecular flexibility index (Phi) is 7.20. The third-order valence-electron chi connectivity index (χ3n) is 7.79. The zero-order valence-electron chi connectivity index (χ0n) is 22.5. The van der Waals surface area contributed by atoms with Gasteiger partial charge in [0.05, 0.1) is 6.10 Å². The smallest absolute Gasteiger partial charge is 0.317 e. The lowest BCUT2D eigenvalue weighted by atomic mass is 9.73. The topological polar surface area (TPSA) is 95.7 Å². The van der Waals surface area contributed by atoms with Crippen molar-refractivity contribution in [2.75, 3.05) is 0 Å². The number of hydrogen-bond acceptors (Lipinski definition) is 7. The Bertz CT molecular complexity index is 1340. The van der Waals surface area contributed by atoms with Gasteiger partial charge in [0, 0.05) is 24.2 Å². The van der Waals surface area contributed by atoms with Crippen LogP contribution in [0.3, 0.4) is 0 Å². The molecule has 2 fully saturated rings. The maximum Gasteiger partial charge on any atom is 0.317 e. The SMILES string of the molecule is Cc1cc(C)n2nc(CC3C(=O)CC(CCc4ccc(OC(C)C)c(F)c4)(C4CCCC4)OC3=O)nc2n1. The van der Waals surface area contributed by atoms with Crippen molar-refractivity contribution in [2.24, 2.45) is 11.8 Å². The summed E-state index contributed by atoms with van der Waals surface area (Å²) in [4.78, 5) is 35.7. The van der Waals surface area contributed by atoms with Gasteiger partial charge in [0.25, 0.3) is 5.78 Å². The van der Waals surface area contributed by atoms with Crippen LogP contribution in [0.5, 0.6) is 5.75 Å².